The van der Waals surface area contributed by atoms with Crippen molar-refractivity contribution in [1.29, 1.82) is 10.5 Å². The van der Waals surface area contributed by atoms with E-state index in [-0.39, 0.29) is 22.6 Å². The number of halogens is 4. The monoisotopic (exact) mass is 760 g/mol. The number of carbonyl (C=O) groups is 2. The number of hydrogen-bond acceptors (Lipinski definition) is 8. The Bertz CT molecular complexity index is 1950. The molecule has 286 valence electrons. The van der Waals surface area contributed by atoms with Gasteiger partial charge in [0, 0.05) is 25.0 Å². The van der Waals surface area contributed by atoms with Crippen molar-refractivity contribution < 1.29 is 56.3 Å². The molecule has 4 aromatic carbocycles. The molecule has 4 aromatic rings. The van der Waals surface area contributed by atoms with Gasteiger partial charge in [-0.3, -0.25) is 0 Å². The van der Waals surface area contributed by atoms with E-state index in [1.165, 1.54) is 109 Å². The van der Waals surface area contributed by atoms with Crippen LogP contribution in [-0.2, 0) is 21.8 Å². The van der Waals surface area contributed by atoms with Gasteiger partial charge in [-0.05, 0) is 115 Å². The molecule has 0 radical (unpaired) electrons. The molecule has 0 heterocycles. The number of hydrogen-bond donors (Lipinski definition) is 2. The summed E-state index contributed by atoms with van der Waals surface area (Å²) in [5, 5.41) is 34.0. The Kier molecular flexibility index (Phi) is 16.8. The van der Waals surface area contributed by atoms with Crippen LogP contribution >= 0.6 is 0 Å². The van der Waals surface area contributed by atoms with E-state index in [1.807, 2.05) is 12.1 Å². The lowest BCUT2D eigenvalue weighted by Gasteiger charge is -2.18. The summed E-state index contributed by atoms with van der Waals surface area (Å²) in [7, 11) is 0. The summed E-state index contributed by atoms with van der Waals surface area (Å²) in [6, 6.07) is 25.9. The van der Waals surface area contributed by atoms with Gasteiger partial charge in [0.25, 0.3) is 0 Å². The Morgan fingerprint density at radius 3 is 1.25 bits per heavy atom. The summed E-state index contributed by atoms with van der Waals surface area (Å²) in [6.07, 6.45) is 0.362. The fourth-order valence-corrected chi connectivity index (χ4v) is 4.37. The van der Waals surface area contributed by atoms with E-state index < -0.39 is 24.2 Å². The molecule has 10 nitrogen and oxygen atoms in total. The predicted molar refractivity (Wildman–Crippen MR) is 193 cm³/mol. The summed E-state index contributed by atoms with van der Waals surface area (Å²) < 4.78 is 77.6. The van der Waals surface area contributed by atoms with Gasteiger partial charge in [0.15, 0.2) is 0 Å². The average Bonchev–Trinajstić information content (AvgIpc) is 3.16. The third-order valence-corrected chi connectivity index (χ3v) is 7.12. The second-order valence-electron chi connectivity index (χ2n) is 11.3. The van der Waals surface area contributed by atoms with Crippen LogP contribution in [0, 0.1) is 22.7 Å². The summed E-state index contributed by atoms with van der Waals surface area (Å²) in [5.41, 5.74) is 0.446. The Balaban J connectivity index is 0.000000296. The second-order valence-corrected chi connectivity index (χ2v) is 11.3. The zero-order chi connectivity index (χ0) is 40.1. The molecule has 0 aliphatic heterocycles. The average molecular weight is 761 g/mol. The molecule has 0 spiro atoms. The Hall–Kier alpha value is -6.80. The van der Waals surface area contributed by atoms with Crippen LogP contribution in [-0.4, -0.2) is 35.4 Å². The minimum atomic E-state index is -3.54. The van der Waals surface area contributed by atoms with Crippen LogP contribution in [0.4, 0.5) is 17.6 Å². The molecule has 0 saturated heterocycles. The molecule has 14 heteroatoms. The number of unbranched alkanes of at least 4 members (excludes halogenated alkanes) is 3. The van der Waals surface area contributed by atoms with Crippen molar-refractivity contribution in [2.45, 2.75) is 44.3 Å². The number of nitriles is 2. The Labute approximate surface area is 314 Å². The van der Waals surface area contributed by atoms with Crippen LogP contribution in [0.3, 0.4) is 0 Å². The lowest BCUT2D eigenvalue weighted by Crippen LogP contribution is -2.21. The van der Waals surface area contributed by atoms with Gasteiger partial charge in [-0.25, -0.2) is 9.59 Å². The standard InChI is InChI=1S/C21H19F2NO4.C20H17F2NO4/c22-21(23,28-19-9-4-16(5-10-19)6-13-20(25)26)17-7-11-18(12-8-17)27-15-3-1-2-14-24;21-20(22,16-6-10-17(11-7-16)26-14-2-1-13-23)27-18-8-3-15(4-9-18)5-12-19(24)25/h4-13H,1-3,15H2,(H,25,26);3-12H,1-2,14H2,(H,24,25)/b13-6+;12-5+. The quantitative estimate of drug-likeness (QED) is 0.0535. The van der Waals surface area contributed by atoms with E-state index in [0.717, 1.165) is 18.6 Å². The molecular weight excluding hydrogens is 724 g/mol. The lowest BCUT2D eigenvalue weighted by molar-refractivity contribution is -0.186. The maximum atomic E-state index is 14.3. The number of alkyl halides is 4. The van der Waals surface area contributed by atoms with Crippen molar-refractivity contribution >= 4 is 24.1 Å². The molecule has 0 bridgehead atoms. The molecule has 0 atom stereocenters. The molecular formula is C41H36F4N2O8. The summed E-state index contributed by atoms with van der Waals surface area (Å²) in [5.74, 6) is -1.39. The predicted octanol–water partition coefficient (Wildman–Crippen LogP) is 9.58. The van der Waals surface area contributed by atoms with Gasteiger partial charge in [0.2, 0.25) is 0 Å². The molecule has 2 N–H and O–H groups in total. The fourth-order valence-electron chi connectivity index (χ4n) is 4.37. The van der Waals surface area contributed by atoms with Crippen LogP contribution in [0.5, 0.6) is 23.0 Å². The van der Waals surface area contributed by atoms with Crippen LogP contribution in [0.1, 0.15) is 54.4 Å². The molecule has 0 aliphatic rings. The number of carboxylic acid groups (broad SMARTS) is 2. The number of rotatable bonds is 19. The number of nitrogens with zero attached hydrogens (tertiary/aromatic N) is 2. The first kappa shape index (κ1) is 42.6. The van der Waals surface area contributed by atoms with E-state index in [9.17, 15) is 27.2 Å². The van der Waals surface area contributed by atoms with Crippen LogP contribution in [0.25, 0.3) is 12.2 Å². The van der Waals surface area contributed by atoms with Gasteiger partial charge in [0.05, 0.1) is 36.5 Å². The van der Waals surface area contributed by atoms with Crippen molar-refractivity contribution in [3.8, 4) is 35.1 Å². The summed E-state index contributed by atoms with van der Waals surface area (Å²) >= 11 is 0. The van der Waals surface area contributed by atoms with Gasteiger partial charge in [-0.15, -0.1) is 0 Å². The molecule has 55 heavy (non-hydrogen) atoms. The summed E-state index contributed by atoms with van der Waals surface area (Å²) in [4.78, 5) is 20.9. The molecule has 0 amide bonds. The minimum Gasteiger partial charge on any atom is -0.494 e. The first-order valence-electron chi connectivity index (χ1n) is 16.7. The highest BCUT2D eigenvalue weighted by Crippen LogP contribution is 2.34. The topological polar surface area (TPSA) is 159 Å². The van der Waals surface area contributed by atoms with Crippen LogP contribution in [0.2, 0.25) is 0 Å². The Morgan fingerprint density at radius 2 is 0.891 bits per heavy atom. The molecule has 0 fully saturated rings. The maximum absolute atomic E-state index is 14.3. The van der Waals surface area contributed by atoms with Crippen LogP contribution in [0.15, 0.2) is 109 Å². The molecule has 4 rings (SSSR count). The summed E-state index contributed by atoms with van der Waals surface area (Å²) in [6.45, 7) is 0.749. The maximum Gasteiger partial charge on any atom is 0.426 e. The van der Waals surface area contributed by atoms with Gasteiger partial charge in [0.1, 0.15) is 23.0 Å². The SMILES string of the molecule is N#CCCCCOc1ccc(C(F)(F)Oc2ccc(/C=C/C(=O)O)cc2)cc1.N#CCCCOc1ccc(C(F)(F)Oc2ccc(/C=C/C(=O)O)cc2)cc1. The van der Waals surface area contributed by atoms with Gasteiger partial charge in [-0.1, -0.05) is 24.3 Å². The lowest BCUT2D eigenvalue weighted by atomic mass is 10.2. The molecule has 0 unspecified atom stereocenters. The van der Waals surface area contributed by atoms with Gasteiger partial charge < -0.3 is 29.2 Å². The van der Waals surface area contributed by atoms with Crippen molar-refractivity contribution in [3.05, 3.63) is 131 Å². The minimum absolute atomic E-state index is 0.0460. The van der Waals surface area contributed by atoms with E-state index in [1.54, 1.807) is 0 Å². The van der Waals surface area contributed by atoms with E-state index in [0.29, 0.717) is 61.5 Å². The number of aliphatic carboxylic acids is 2. The van der Waals surface area contributed by atoms with Crippen molar-refractivity contribution in [2.75, 3.05) is 13.2 Å². The zero-order valence-electron chi connectivity index (χ0n) is 29.2. The first-order valence-corrected chi connectivity index (χ1v) is 16.7. The third-order valence-electron chi connectivity index (χ3n) is 7.12. The van der Waals surface area contributed by atoms with E-state index in [2.05, 4.69) is 0 Å². The number of benzene rings is 4. The van der Waals surface area contributed by atoms with E-state index >= 15 is 0 Å². The van der Waals surface area contributed by atoms with Gasteiger partial charge >= 0.3 is 24.2 Å². The second kappa shape index (κ2) is 21.7. The molecule has 0 saturated carbocycles. The van der Waals surface area contributed by atoms with Crippen molar-refractivity contribution in [3.63, 3.8) is 0 Å². The van der Waals surface area contributed by atoms with E-state index in [4.69, 9.17) is 39.7 Å². The van der Waals surface area contributed by atoms with Crippen molar-refractivity contribution in [1.82, 2.24) is 0 Å². The van der Waals surface area contributed by atoms with Crippen molar-refractivity contribution in [2.24, 2.45) is 0 Å². The largest absolute Gasteiger partial charge is 0.494 e. The molecule has 0 aliphatic carbocycles. The van der Waals surface area contributed by atoms with Crippen LogP contribution < -0.4 is 18.9 Å². The highest BCUT2D eigenvalue weighted by molar-refractivity contribution is 5.85. The highest BCUT2D eigenvalue weighted by Gasteiger charge is 2.35. The highest BCUT2D eigenvalue weighted by atomic mass is 19.3. The number of carboxylic acids is 2. The molecule has 0 aromatic heterocycles. The Morgan fingerprint density at radius 1 is 0.545 bits per heavy atom. The normalized spacial score (nSPS) is 11.2. The number of ether oxygens (including phenoxy) is 4. The zero-order valence-corrected chi connectivity index (χ0v) is 29.2. The fraction of sp³-hybridized carbons (Fsp3) is 0.220. The first-order chi connectivity index (χ1) is 26.3. The smallest absolute Gasteiger partial charge is 0.426 e. The third kappa shape index (κ3) is 15.8. The van der Waals surface area contributed by atoms with Gasteiger partial charge in [-0.2, -0.15) is 28.1 Å².